The Hall–Kier alpha value is -1.92. The van der Waals surface area contributed by atoms with Crippen molar-refractivity contribution in [3.63, 3.8) is 0 Å². The first-order valence-corrected chi connectivity index (χ1v) is 6.91. The van der Waals surface area contributed by atoms with Gasteiger partial charge in [0.15, 0.2) is 0 Å². The fourth-order valence-corrected chi connectivity index (χ4v) is 2.90. The summed E-state index contributed by atoms with van der Waals surface area (Å²) >= 11 is 7.28. The highest BCUT2D eigenvalue weighted by Crippen LogP contribution is 2.32. The quantitative estimate of drug-likeness (QED) is 0.909. The Morgan fingerprint density at radius 2 is 2.10 bits per heavy atom. The lowest BCUT2D eigenvalue weighted by Crippen LogP contribution is -2.29. The molecule has 0 saturated carbocycles. The molecule has 1 aromatic heterocycles. The molecule has 1 amide bonds. The molecule has 2 N–H and O–H groups in total. The molecule has 1 aromatic carbocycles. The van der Waals surface area contributed by atoms with Gasteiger partial charge in [0.2, 0.25) is 0 Å². The number of carbonyl (C=O) groups excluding carboxylic acids is 1. The van der Waals surface area contributed by atoms with Gasteiger partial charge < -0.3 is 10.4 Å². The molecular formula is C13H11ClN2O3S. The van der Waals surface area contributed by atoms with E-state index in [1.165, 1.54) is 11.3 Å². The number of carboxylic acids is 1. The smallest absolute Gasteiger partial charge is 0.322 e. The van der Waals surface area contributed by atoms with Gasteiger partial charge in [-0.15, -0.1) is 11.3 Å². The highest BCUT2D eigenvalue weighted by molar-refractivity contribution is 7.17. The standard InChI is InChI=1S/C13H11ClN2O3S/c1-7-11(12(19)15-6-10(17)18)20-13(16-7)8-4-2-3-5-9(8)14/h2-5H,6H2,1H3,(H,15,19)(H,17,18). The maximum atomic E-state index is 11.9. The van der Waals surface area contributed by atoms with Crippen LogP contribution in [0.3, 0.4) is 0 Å². The summed E-state index contributed by atoms with van der Waals surface area (Å²) in [5.41, 5.74) is 1.30. The van der Waals surface area contributed by atoms with E-state index >= 15 is 0 Å². The highest BCUT2D eigenvalue weighted by Gasteiger charge is 2.17. The topological polar surface area (TPSA) is 79.3 Å². The molecule has 0 saturated heterocycles. The maximum absolute atomic E-state index is 11.9. The van der Waals surface area contributed by atoms with E-state index in [1.807, 2.05) is 18.2 Å². The normalized spacial score (nSPS) is 10.3. The molecule has 0 spiro atoms. The summed E-state index contributed by atoms with van der Waals surface area (Å²) in [5.74, 6) is -1.53. The number of nitrogens with zero attached hydrogens (tertiary/aromatic N) is 1. The van der Waals surface area contributed by atoms with Crippen LogP contribution in [-0.4, -0.2) is 28.5 Å². The fraction of sp³-hybridized carbons (Fsp3) is 0.154. The lowest BCUT2D eigenvalue weighted by molar-refractivity contribution is -0.135. The molecule has 20 heavy (non-hydrogen) atoms. The van der Waals surface area contributed by atoms with E-state index in [4.69, 9.17) is 16.7 Å². The number of aryl methyl sites for hydroxylation is 1. The maximum Gasteiger partial charge on any atom is 0.322 e. The molecule has 104 valence electrons. The van der Waals surface area contributed by atoms with Crippen LogP contribution in [0.5, 0.6) is 0 Å². The van der Waals surface area contributed by atoms with E-state index in [-0.39, 0.29) is 0 Å². The summed E-state index contributed by atoms with van der Waals surface area (Å²) in [4.78, 5) is 27.0. The van der Waals surface area contributed by atoms with E-state index in [9.17, 15) is 9.59 Å². The molecule has 2 aromatic rings. The van der Waals surface area contributed by atoms with Gasteiger partial charge in [0.1, 0.15) is 16.4 Å². The van der Waals surface area contributed by atoms with Gasteiger partial charge in [-0.1, -0.05) is 29.8 Å². The summed E-state index contributed by atoms with van der Waals surface area (Å²) < 4.78 is 0. The third-order valence-corrected chi connectivity index (χ3v) is 4.03. The van der Waals surface area contributed by atoms with Gasteiger partial charge in [-0.25, -0.2) is 4.98 Å². The molecule has 1 heterocycles. The minimum absolute atomic E-state index is 0.390. The van der Waals surface area contributed by atoms with Crippen molar-refractivity contribution >= 4 is 34.8 Å². The van der Waals surface area contributed by atoms with Crippen LogP contribution in [0.4, 0.5) is 0 Å². The van der Waals surface area contributed by atoms with Crippen molar-refractivity contribution in [2.45, 2.75) is 6.92 Å². The zero-order valence-corrected chi connectivity index (χ0v) is 12.1. The van der Waals surface area contributed by atoms with E-state index in [2.05, 4.69) is 10.3 Å². The van der Waals surface area contributed by atoms with Crippen molar-refractivity contribution in [3.8, 4) is 10.6 Å². The van der Waals surface area contributed by atoms with Gasteiger partial charge in [-0.2, -0.15) is 0 Å². The molecule has 2 rings (SSSR count). The second-order valence-corrected chi connectivity index (χ2v) is 5.40. The van der Waals surface area contributed by atoms with Crippen molar-refractivity contribution < 1.29 is 14.7 Å². The Bertz CT molecular complexity index is 669. The average molecular weight is 311 g/mol. The van der Waals surface area contributed by atoms with E-state index < -0.39 is 18.4 Å². The van der Waals surface area contributed by atoms with Gasteiger partial charge in [0.25, 0.3) is 5.91 Å². The van der Waals surface area contributed by atoms with Gasteiger partial charge in [-0.3, -0.25) is 9.59 Å². The first-order chi connectivity index (χ1) is 9.49. The van der Waals surface area contributed by atoms with Gasteiger partial charge in [0.05, 0.1) is 10.7 Å². The Kier molecular flexibility index (Phi) is 4.36. The minimum atomic E-state index is -1.09. The highest BCUT2D eigenvalue weighted by atomic mass is 35.5. The van der Waals surface area contributed by atoms with Crippen LogP contribution in [0.1, 0.15) is 15.4 Å². The van der Waals surface area contributed by atoms with Gasteiger partial charge in [-0.05, 0) is 13.0 Å². The van der Waals surface area contributed by atoms with E-state index in [0.29, 0.717) is 20.6 Å². The van der Waals surface area contributed by atoms with Crippen LogP contribution >= 0.6 is 22.9 Å². The van der Waals surface area contributed by atoms with Crippen molar-refractivity contribution in [2.24, 2.45) is 0 Å². The van der Waals surface area contributed by atoms with E-state index in [0.717, 1.165) is 5.56 Å². The summed E-state index contributed by atoms with van der Waals surface area (Å²) in [5, 5.41) is 12.1. The number of rotatable bonds is 4. The SMILES string of the molecule is Cc1nc(-c2ccccc2Cl)sc1C(=O)NCC(=O)O. The van der Waals surface area contributed by atoms with Crippen LogP contribution in [0.15, 0.2) is 24.3 Å². The third-order valence-electron chi connectivity index (χ3n) is 2.51. The predicted octanol–water partition coefficient (Wildman–Crippen LogP) is 2.59. The van der Waals surface area contributed by atoms with Crippen LogP contribution in [0, 0.1) is 6.92 Å². The molecule has 0 aliphatic rings. The number of halogens is 1. The second-order valence-electron chi connectivity index (χ2n) is 3.99. The van der Waals surface area contributed by atoms with Gasteiger partial charge in [0, 0.05) is 5.56 Å². The number of hydrogen-bond acceptors (Lipinski definition) is 4. The summed E-state index contributed by atoms with van der Waals surface area (Å²) in [6.45, 7) is 1.28. The Morgan fingerprint density at radius 3 is 2.75 bits per heavy atom. The summed E-state index contributed by atoms with van der Waals surface area (Å²) in [7, 11) is 0. The molecular weight excluding hydrogens is 300 g/mol. The average Bonchev–Trinajstić information content (AvgIpc) is 2.78. The fourth-order valence-electron chi connectivity index (χ4n) is 1.59. The first-order valence-electron chi connectivity index (χ1n) is 5.71. The van der Waals surface area contributed by atoms with Crippen LogP contribution in [-0.2, 0) is 4.79 Å². The summed E-state index contributed by atoms with van der Waals surface area (Å²) in [6, 6.07) is 7.21. The van der Waals surface area contributed by atoms with Crippen LogP contribution < -0.4 is 5.32 Å². The number of benzene rings is 1. The summed E-state index contributed by atoms with van der Waals surface area (Å²) in [6.07, 6.45) is 0. The number of carbonyl (C=O) groups is 2. The number of nitrogens with one attached hydrogen (secondary N) is 1. The second kappa shape index (κ2) is 6.02. The first kappa shape index (κ1) is 14.5. The lowest BCUT2D eigenvalue weighted by Gasteiger charge is -1.99. The molecule has 0 radical (unpaired) electrons. The number of thiazole rings is 1. The largest absolute Gasteiger partial charge is 0.480 e. The van der Waals surface area contributed by atoms with Crippen molar-refractivity contribution in [3.05, 3.63) is 39.9 Å². The third kappa shape index (κ3) is 3.15. The molecule has 7 heteroatoms. The Balaban J connectivity index is 2.28. The molecule has 0 atom stereocenters. The Labute approximate surface area is 124 Å². The van der Waals surface area contributed by atoms with Crippen molar-refractivity contribution in [1.29, 1.82) is 0 Å². The number of aliphatic carboxylic acids is 1. The molecule has 0 aliphatic carbocycles. The number of amides is 1. The predicted molar refractivity (Wildman–Crippen MR) is 77.3 cm³/mol. The van der Waals surface area contributed by atoms with Crippen molar-refractivity contribution in [2.75, 3.05) is 6.54 Å². The molecule has 5 nitrogen and oxygen atoms in total. The zero-order chi connectivity index (χ0) is 14.7. The Morgan fingerprint density at radius 1 is 1.40 bits per heavy atom. The molecule has 0 unspecified atom stereocenters. The molecule has 0 bridgehead atoms. The van der Waals surface area contributed by atoms with Gasteiger partial charge >= 0.3 is 5.97 Å². The number of hydrogen-bond donors (Lipinski definition) is 2. The van der Waals surface area contributed by atoms with E-state index in [1.54, 1.807) is 13.0 Å². The lowest BCUT2D eigenvalue weighted by atomic mass is 10.2. The minimum Gasteiger partial charge on any atom is -0.480 e. The zero-order valence-electron chi connectivity index (χ0n) is 10.5. The molecule has 0 fully saturated rings. The van der Waals surface area contributed by atoms with Crippen molar-refractivity contribution in [1.82, 2.24) is 10.3 Å². The number of aromatic nitrogens is 1. The molecule has 0 aliphatic heterocycles. The van der Waals surface area contributed by atoms with Crippen LogP contribution in [0.2, 0.25) is 5.02 Å². The monoisotopic (exact) mass is 310 g/mol. The number of carboxylic acid groups (broad SMARTS) is 1. The van der Waals surface area contributed by atoms with Crippen LogP contribution in [0.25, 0.3) is 10.6 Å².